The molecule has 1 aromatic carbocycles. The van der Waals surface area contributed by atoms with Crippen LogP contribution >= 0.6 is 0 Å². The first-order valence-corrected chi connectivity index (χ1v) is 6.20. The molecule has 1 aromatic rings. The second-order valence-electron chi connectivity index (χ2n) is 4.45. The molecule has 1 rings (SSSR count). The summed E-state index contributed by atoms with van der Waals surface area (Å²) in [6.07, 6.45) is 1.88. The van der Waals surface area contributed by atoms with Crippen molar-refractivity contribution in [2.24, 2.45) is 4.40 Å². The first kappa shape index (κ1) is 13.2. The zero-order valence-electron chi connectivity index (χ0n) is 9.74. The zero-order valence-corrected chi connectivity index (χ0v) is 10.6. The van der Waals surface area contributed by atoms with Crippen LogP contribution in [0.4, 0.5) is 4.39 Å². The molecule has 2 nitrogen and oxygen atoms in total. The second-order valence-corrected chi connectivity index (χ2v) is 6.38. The van der Waals surface area contributed by atoms with Gasteiger partial charge in [0.2, 0.25) is 0 Å². The lowest BCUT2D eigenvalue weighted by Crippen LogP contribution is -2.25. The predicted molar refractivity (Wildman–Crippen MR) is 66.5 cm³/mol. The molecule has 16 heavy (non-hydrogen) atoms. The van der Waals surface area contributed by atoms with E-state index in [0.29, 0.717) is 12.0 Å². The van der Waals surface area contributed by atoms with Gasteiger partial charge in [0.15, 0.2) is 0 Å². The van der Waals surface area contributed by atoms with Crippen molar-refractivity contribution in [3.63, 3.8) is 0 Å². The van der Waals surface area contributed by atoms with Crippen molar-refractivity contribution in [3.8, 4) is 0 Å². The third kappa shape index (κ3) is 3.94. The molecule has 0 aliphatic carbocycles. The Bertz CT molecular complexity index is 374. The molecule has 4 heteroatoms. The summed E-state index contributed by atoms with van der Waals surface area (Å²) in [6.45, 7) is 5.55. The van der Waals surface area contributed by atoms with Crippen LogP contribution in [0.25, 0.3) is 0 Å². The number of nitrogens with zero attached hydrogens (tertiary/aromatic N) is 1. The van der Waals surface area contributed by atoms with Crippen LogP contribution < -0.4 is 0 Å². The van der Waals surface area contributed by atoms with Crippen LogP contribution in [0.1, 0.15) is 26.3 Å². The maximum Gasteiger partial charge on any atom is 0.144 e. The van der Waals surface area contributed by atoms with E-state index in [-0.39, 0.29) is 10.6 Å². The van der Waals surface area contributed by atoms with E-state index in [9.17, 15) is 8.94 Å². The quantitative estimate of drug-likeness (QED) is 0.592. The Labute approximate surface area is 98.9 Å². The molecule has 0 aliphatic heterocycles. The summed E-state index contributed by atoms with van der Waals surface area (Å²) in [5, 5.41) is 0. The van der Waals surface area contributed by atoms with Gasteiger partial charge < -0.3 is 4.55 Å². The van der Waals surface area contributed by atoms with Crippen LogP contribution in [0, 0.1) is 5.82 Å². The van der Waals surface area contributed by atoms with Crippen molar-refractivity contribution in [2.75, 3.05) is 0 Å². The van der Waals surface area contributed by atoms with Gasteiger partial charge in [0.1, 0.15) is 21.9 Å². The molecule has 0 unspecified atom stereocenters. The summed E-state index contributed by atoms with van der Waals surface area (Å²) in [4.78, 5) is 0. The van der Waals surface area contributed by atoms with Crippen molar-refractivity contribution >= 4 is 17.6 Å². The van der Waals surface area contributed by atoms with Crippen LogP contribution in [0.2, 0.25) is 0 Å². The number of hydrogen-bond donors (Lipinski definition) is 0. The third-order valence-electron chi connectivity index (χ3n) is 1.96. The highest BCUT2D eigenvalue weighted by atomic mass is 32.2. The smallest absolute Gasteiger partial charge is 0.144 e. The number of hydrogen-bond acceptors (Lipinski definition) is 2. The van der Waals surface area contributed by atoms with Gasteiger partial charge in [0.05, 0.1) is 6.21 Å². The molecule has 0 aliphatic rings. The van der Waals surface area contributed by atoms with Gasteiger partial charge in [0.25, 0.3) is 0 Å². The maximum atomic E-state index is 13.2. The molecule has 0 heterocycles. The third-order valence-corrected chi connectivity index (χ3v) is 3.35. The van der Waals surface area contributed by atoms with Gasteiger partial charge in [-0.15, -0.1) is 0 Å². The first-order valence-electron chi connectivity index (χ1n) is 5.09. The highest BCUT2D eigenvalue weighted by Gasteiger charge is 2.25. The Morgan fingerprint density at radius 2 is 2.00 bits per heavy atom. The average Bonchev–Trinajstić information content (AvgIpc) is 2.19. The molecule has 0 amide bonds. The van der Waals surface area contributed by atoms with Gasteiger partial charge in [-0.1, -0.05) is 22.6 Å². The number of rotatable bonds is 3. The summed E-state index contributed by atoms with van der Waals surface area (Å²) >= 11 is -1.27. The number of benzene rings is 1. The van der Waals surface area contributed by atoms with Crippen molar-refractivity contribution in [1.82, 2.24) is 0 Å². The fourth-order valence-electron chi connectivity index (χ4n) is 1.03. The minimum atomic E-state index is -1.27. The van der Waals surface area contributed by atoms with Crippen molar-refractivity contribution in [1.29, 1.82) is 0 Å². The largest absolute Gasteiger partial charge is 0.591 e. The maximum absolute atomic E-state index is 13.2. The van der Waals surface area contributed by atoms with Gasteiger partial charge in [0, 0.05) is 6.42 Å². The zero-order chi connectivity index (χ0) is 12.2. The normalized spacial score (nSPS) is 14.3. The molecular formula is C12H16FNOS. The lowest BCUT2D eigenvalue weighted by atomic mass is 10.1. The highest BCUT2D eigenvalue weighted by molar-refractivity contribution is 7.91. The molecule has 0 saturated heterocycles. The molecular weight excluding hydrogens is 225 g/mol. The number of halogens is 1. The van der Waals surface area contributed by atoms with Gasteiger partial charge in [-0.2, -0.15) is 0 Å². The van der Waals surface area contributed by atoms with E-state index in [1.165, 1.54) is 12.3 Å². The highest BCUT2D eigenvalue weighted by Crippen LogP contribution is 2.16. The topological polar surface area (TPSA) is 35.4 Å². The Kier molecular flexibility index (Phi) is 4.50. The summed E-state index contributed by atoms with van der Waals surface area (Å²) in [6, 6.07) is 6.52. The van der Waals surface area contributed by atoms with Crippen molar-refractivity contribution in [2.45, 2.75) is 31.9 Å². The molecule has 0 radical (unpaired) electrons. The fourth-order valence-corrected chi connectivity index (χ4v) is 1.55. The van der Waals surface area contributed by atoms with Gasteiger partial charge in [-0.05, 0) is 32.4 Å². The standard InChI is InChI=1S/C12H16FNOS/c1-12(2,3)16(15)14-9-8-10-6-4-5-7-11(10)13/h4-7,9H,8H2,1-3H3/b14-9+/t16-/m1/s1. The lowest BCUT2D eigenvalue weighted by molar-refractivity contribution is 0.561. The summed E-state index contributed by atoms with van der Waals surface area (Å²) < 4.78 is 28.3. The fraction of sp³-hybridized carbons (Fsp3) is 0.417. The molecule has 0 bridgehead atoms. The minimum absolute atomic E-state index is 0.254. The Balaban J connectivity index is 2.59. The average molecular weight is 241 g/mol. The van der Waals surface area contributed by atoms with Gasteiger partial charge >= 0.3 is 0 Å². The van der Waals surface area contributed by atoms with Crippen LogP contribution in [-0.2, 0) is 17.8 Å². The van der Waals surface area contributed by atoms with E-state index < -0.39 is 11.4 Å². The summed E-state index contributed by atoms with van der Waals surface area (Å²) in [5.41, 5.74) is 0.567. The van der Waals surface area contributed by atoms with E-state index >= 15 is 0 Å². The van der Waals surface area contributed by atoms with Crippen molar-refractivity contribution < 1.29 is 8.94 Å². The molecule has 0 spiro atoms. The predicted octanol–water partition coefficient (Wildman–Crippen LogP) is 2.90. The van der Waals surface area contributed by atoms with E-state index in [1.54, 1.807) is 18.2 Å². The van der Waals surface area contributed by atoms with E-state index in [2.05, 4.69) is 4.40 Å². The minimum Gasteiger partial charge on any atom is -0.591 e. The first-order chi connectivity index (χ1) is 7.41. The monoisotopic (exact) mass is 241 g/mol. The molecule has 0 saturated carbocycles. The van der Waals surface area contributed by atoms with Crippen LogP contribution in [0.5, 0.6) is 0 Å². The van der Waals surface area contributed by atoms with E-state index in [0.717, 1.165) is 0 Å². The SMILES string of the molecule is CC(C)(C)[S@@+]([O-])/N=C/Cc1ccccc1F. The van der Waals surface area contributed by atoms with Crippen LogP contribution in [0.15, 0.2) is 28.7 Å². The van der Waals surface area contributed by atoms with Gasteiger partial charge in [-0.3, -0.25) is 0 Å². The summed E-state index contributed by atoms with van der Waals surface area (Å²) in [5.74, 6) is -0.254. The van der Waals surface area contributed by atoms with Gasteiger partial charge in [-0.25, -0.2) is 4.39 Å². The Morgan fingerprint density at radius 1 is 1.38 bits per heavy atom. The summed E-state index contributed by atoms with van der Waals surface area (Å²) in [7, 11) is 0. The molecule has 88 valence electrons. The molecule has 0 aromatic heterocycles. The van der Waals surface area contributed by atoms with E-state index in [4.69, 9.17) is 0 Å². The lowest BCUT2D eigenvalue weighted by Gasteiger charge is -2.17. The second kappa shape index (κ2) is 5.46. The van der Waals surface area contributed by atoms with Crippen molar-refractivity contribution in [3.05, 3.63) is 35.6 Å². The molecule has 1 atom stereocenters. The molecule has 0 N–H and O–H groups in total. The Hall–Kier alpha value is -0.870. The Morgan fingerprint density at radius 3 is 2.56 bits per heavy atom. The van der Waals surface area contributed by atoms with E-state index in [1.807, 2.05) is 20.8 Å². The van der Waals surface area contributed by atoms with Crippen LogP contribution in [0.3, 0.4) is 0 Å². The molecule has 0 fully saturated rings. The van der Waals surface area contributed by atoms with Crippen LogP contribution in [-0.4, -0.2) is 15.5 Å².